The largest absolute Gasteiger partial charge is 0.490 e. The fraction of sp³-hybridized carbons (Fsp3) is 0.0714. The highest BCUT2D eigenvalue weighted by Crippen LogP contribution is 2.25. The first kappa shape index (κ1) is 20.1. The summed E-state index contributed by atoms with van der Waals surface area (Å²) in [5.74, 6) is 3.24. The summed E-state index contributed by atoms with van der Waals surface area (Å²) in [5, 5.41) is 0. The molecule has 0 radical (unpaired) electrons. The molecule has 2 N–H and O–H groups in total. The van der Waals surface area contributed by atoms with E-state index in [0.717, 1.165) is 56.3 Å². The van der Waals surface area contributed by atoms with Crippen LogP contribution >= 0.6 is 0 Å². The van der Waals surface area contributed by atoms with Crippen LogP contribution in [0.2, 0.25) is 0 Å². The van der Waals surface area contributed by atoms with Gasteiger partial charge in [-0.3, -0.25) is 0 Å². The number of fused-ring (bicyclic) bond motifs is 2. The molecule has 0 aliphatic heterocycles. The Morgan fingerprint density at radius 3 is 1.41 bits per heavy atom. The topological polar surface area (TPSA) is 75.8 Å². The van der Waals surface area contributed by atoms with Gasteiger partial charge in [-0.1, -0.05) is 60.7 Å². The summed E-state index contributed by atoms with van der Waals surface area (Å²) in [4.78, 5) is 16.1. The minimum absolute atomic E-state index is 0.432. The molecule has 0 fully saturated rings. The first-order valence-corrected chi connectivity index (χ1v) is 11.2. The Kier molecular flexibility index (Phi) is 5.16. The molecule has 0 saturated heterocycles. The van der Waals surface area contributed by atoms with E-state index in [1.54, 1.807) is 0 Å². The maximum Gasteiger partial charge on any atom is 0.138 e. The van der Waals surface area contributed by atoms with E-state index in [-0.39, 0.29) is 0 Å². The molecule has 0 atom stereocenters. The summed E-state index contributed by atoms with van der Waals surface area (Å²) >= 11 is 0. The van der Waals surface area contributed by atoms with Crippen molar-refractivity contribution in [3.63, 3.8) is 0 Å². The lowest BCUT2D eigenvalue weighted by Gasteiger charge is -2.08. The van der Waals surface area contributed by atoms with Crippen LogP contribution in [0.5, 0.6) is 11.5 Å². The fourth-order valence-corrected chi connectivity index (χ4v) is 3.94. The summed E-state index contributed by atoms with van der Waals surface area (Å²) in [6, 6.07) is 31.9. The van der Waals surface area contributed by atoms with Crippen molar-refractivity contribution >= 4 is 22.1 Å². The van der Waals surface area contributed by atoms with E-state index in [0.29, 0.717) is 13.2 Å². The fourth-order valence-electron chi connectivity index (χ4n) is 3.94. The number of nitrogens with one attached hydrogen (secondary N) is 2. The molecule has 0 aliphatic rings. The highest BCUT2D eigenvalue weighted by atomic mass is 16.5. The molecule has 6 heteroatoms. The third kappa shape index (κ3) is 4.09. The monoisotopic (exact) mass is 446 g/mol. The van der Waals surface area contributed by atoms with E-state index in [1.807, 2.05) is 97.1 Å². The van der Waals surface area contributed by atoms with Crippen molar-refractivity contribution in [1.82, 2.24) is 19.9 Å². The quantitative estimate of drug-likeness (QED) is 0.285. The van der Waals surface area contributed by atoms with Crippen LogP contribution in [-0.2, 0) is 0 Å². The van der Waals surface area contributed by atoms with Crippen molar-refractivity contribution in [3.8, 4) is 34.3 Å². The number of nitrogens with zero attached hydrogens (tertiary/aromatic N) is 2. The van der Waals surface area contributed by atoms with Gasteiger partial charge in [0.15, 0.2) is 0 Å². The van der Waals surface area contributed by atoms with Crippen LogP contribution in [0.4, 0.5) is 0 Å². The Bertz CT molecular complexity index is 1440. The maximum absolute atomic E-state index is 5.91. The Hall–Kier alpha value is -4.58. The van der Waals surface area contributed by atoms with Gasteiger partial charge >= 0.3 is 0 Å². The third-order valence-corrected chi connectivity index (χ3v) is 5.62. The highest BCUT2D eigenvalue weighted by Gasteiger charge is 2.08. The van der Waals surface area contributed by atoms with Crippen LogP contribution in [0.1, 0.15) is 0 Å². The minimum Gasteiger partial charge on any atom is -0.490 e. The predicted octanol–water partition coefficient (Wildman–Crippen LogP) is 6.23. The molecule has 4 aromatic carbocycles. The Morgan fingerprint density at radius 2 is 0.971 bits per heavy atom. The molecule has 2 heterocycles. The Morgan fingerprint density at radius 1 is 0.529 bits per heavy atom. The summed E-state index contributed by atoms with van der Waals surface area (Å²) in [7, 11) is 0. The second-order valence-electron chi connectivity index (χ2n) is 7.96. The van der Waals surface area contributed by atoms with Crippen molar-refractivity contribution in [1.29, 1.82) is 0 Å². The molecule has 6 rings (SSSR count). The maximum atomic E-state index is 5.91. The number of ether oxygens (including phenoxy) is 2. The molecule has 0 unspecified atom stereocenters. The molecule has 0 saturated carbocycles. The molecule has 0 aliphatic carbocycles. The van der Waals surface area contributed by atoms with Gasteiger partial charge in [0.05, 0.1) is 22.1 Å². The molecule has 0 amide bonds. The summed E-state index contributed by atoms with van der Waals surface area (Å²) in [5.41, 5.74) is 5.81. The summed E-state index contributed by atoms with van der Waals surface area (Å²) in [6.07, 6.45) is 0. The number of hydrogen-bond acceptors (Lipinski definition) is 4. The van der Waals surface area contributed by atoms with Crippen LogP contribution in [0.3, 0.4) is 0 Å². The van der Waals surface area contributed by atoms with Crippen molar-refractivity contribution in [2.75, 3.05) is 13.2 Å². The molecular formula is C28H22N4O2. The average molecular weight is 447 g/mol. The van der Waals surface area contributed by atoms with Crippen LogP contribution in [0.25, 0.3) is 44.8 Å². The Labute approximate surface area is 196 Å². The van der Waals surface area contributed by atoms with E-state index in [4.69, 9.17) is 9.47 Å². The second kappa shape index (κ2) is 8.75. The van der Waals surface area contributed by atoms with Crippen molar-refractivity contribution in [3.05, 3.63) is 97.1 Å². The first-order valence-electron chi connectivity index (χ1n) is 11.2. The SMILES string of the molecule is c1ccc(-c2nc3ccc(OCCOc4ccc5nc(-c6ccccc6)[nH]c5c4)cc3[nH]2)cc1. The van der Waals surface area contributed by atoms with Crippen LogP contribution in [-0.4, -0.2) is 33.1 Å². The molecule has 34 heavy (non-hydrogen) atoms. The number of hydrogen-bond donors (Lipinski definition) is 2. The lowest BCUT2D eigenvalue weighted by molar-refractivity contribution is 0.217. The molecule has 6 aromatic rings. The second-order valence-corrected chi connectivity index (χ2v) is 7.96. The van der Waals surface area contributed by atoms with Gasteiger partial charge in [-0.05, 0) is 24.3 Å². The van der Waals surface area contributed by atoms with Gasteiger partial charge in [0.25, 0.3) is 0 Å². The minimum atomic E-state index is 0.432. The zero-order valence-corrected chi connectivity index (χ0v) is 18.4. The number of benzene rings is 4. The molecule has 166 valence electrons. The zero-order chi connectivity index (χ0) is 22.7. The smallest absolute Gasteiger partial charge is 0.138 e. The summed E-state index contributed by atoms with van der Waals surface area (Å²) in [6.45, 7) is 0.864. The summed E-state index contributed by atoms with van der Waals surface area (Å²) < 4.78 is 11.8. The normalized spacial score (nSPS) is 11.2. The molecule has 0 bridgehead atoms. The average Bonchev–Trinajstić information content (AvgIpc) is 3.51. The Balaban J connectivity index is 1.09. The number of rotatable bonds is 7. The molecule has 0 spiro atoms. The van der Waals surface area contributed by atoms with E-state index in [1.165, 1.54) is 0 Å². The number of imidazole rings is 2. The molecule has 6 nitrogen and oxygen atoms in total. The van der Waals surface area contributed by atoms with Gasteiger partial charge in [0, 0.05) is 23.3 Å². The van der Waals surface area contributed by atoms with Crippen LogP contribution < -0.4 is 9.47 Å². The first-order chi connectivity index (χ1) is 16.8. The number of H-pyrrole nitrogens is 2. The van der Waals surface area contributed by atoms with E-state index < -0.39 is 0 Å². The zero-order valence-electron chi connectivity index (χ0n) is 18.4. The van der Waals surface area contributed by atoms with Gasteiger partial charge in [-0.2, -0.15) is 0 Å². The van der Waals surface area contributed by atoms with Gasteiger partial charge in [-0.25, -0.2) is 9.97 Å². The van der Waals surface area contributed by atoms with Gasteiger partial charge < -0.3 is 19.4 Å². The number of aromatic amines is 2. The van der Waals surface area contributed by atoms with Gasteiger partial charge in [-0.15, -0.1) is 0 Å². The van der Waals surface area contributed by atoms with E-state index >= 15 is 0 Å². The third-order valence-electron chi connectivity index (χ3n) is 5.62. The molecular weight excluding hydrogens is 424 g/mol. The lowest BCUT2D eigenvalue weighted by Crippen LogP contribution is -2.08. The van der Waals surface area contributed by atoms with E-state index in [2.05, 4.69) is 19.9 Å². The van der Waals surface area contributed by atoms with Crippen LogP contribution in [0, 0.1) is 0 Å². The van der Waals surface area contributed by atoms with Crippen molar-refractivity contribution in [2.45, 2.75) is 0 Å². The van der Waals surface area contributed by atoms with Crippen molar-refractivity contribution < 1.29 is 9.47 Å². The lowest BCUT2D eigenvalue weighted by atomic mass is 10.2. The van der Waals surface area contributed by atoms with Crippen molar-refractivity contribution in [2.24, 2.45) is 0 Å². The predicted molar refractivity (Wildman–Crippen MR) is 134 cm³/mol. The highest BCUT2D eigenvalue weighted by molar-refractivity contribution is 5.81. The van der Waals surface area contributed by atoms with Gasteiger partial charge in [0.2, 0.25) is 0 Å². The standard InChI is InChI=1S/C28H22N4O2/c1-3-7-19(8-4-1)27-29-23-13-11-21(17-25(23)31-27)33-15-16-34-22-12-14-24-26(18-22)32-28(30-24)20-9-5-2-6-10-20/h1-14,17-18H,15-16H2,(H,29,31)(H,30,32). The van der Waals surface area contributed by atoms with E-state index in [9.17, 15) is 0 Å². The van der Waals surface area contributed by atoms with Gasteiger partial charge in [0.1, 0.15) is 36.4 Å². The molecule has 2 aromatic heterocycles. The number of aromatic nitrogens is 4. The van der Waals surface area contributed by atoms with Crippen LogP contribution in [0.15, 0.2) is 97.1 Å².